The molecule has 1 atom stereocenters. The summed E-state index contributed by atoms with van der Waals surface area (Å²) >= 11 is 0. The zero-order chi connectivity index (χ0) is 26.1. The van der Waals surface area contributed by atoms with Crippen molar-refractivity contribution in [3.63, 3.8) is 0 Å². The minimum Gasteiger partial charge on any atom is -0.454 e. The molecule has 7 heteroatoms. The van der Waals surface area contributed by atoms with E-state index in [0.717, 1.165) is 61.1 Å². The monoisotopic (exact) mass is 510 g/mol. The van der Waals surface area contributed by atoms with Gasteiger partial charge >= 0.3 is 0 Å². The summed E-state index contributed by atoms with van der Waals surface area (Å²) in [6.07, 6.45) is 0.667. The normalized spacial score (nSPS) is 19.6. The van der Waals surface area contributed by atoms with Crippen LogP contribution in [0.4, 0.5) is 0 Å². The number of aryl methyl sites for hydroxylation is 2. The number of benzene rings is 3. The Balaban J connectivity index is 1.18. The summed E-state index contributed by atoms with van der Waals surface area (Å²) in [5, 5.41) is 6.65. The highest BCUT2D eigenvalue weighted by Gasteiger charge is 2.35. The van der Waals surface area contributed by atoms with E-state index < -0.39 is 0 Å². The van der Waals surface area contributed by atoms with Crippen molar-refractivity contribution in [2.45, 2.75) is 32.9 Å². The van der Waals surface area contributed by atoms with Gasteiger partial charge in [0.25, 0.3) is 5.91 Å². The molecule has 0 spiro atoms. The minimum atomic E-state index is -0.175. The van der Waals surface area contributed by atoms with E-state index in [9.17, 15) is 4.79 Å². The van der Waals surface area contributed by atoms with E-state index in [2.05, 4.69) is 72.2 Å². The largest absolute Gasteiger partial charge is 0.454 e. The highest BCUT2D eigenvalue weighted by molar-refractivity contribution is 6.04. The van der Waals surface area contributed by atoms with Gasteiger partial charge in [0.2, 0.25) is 6.79 Å². The molecule has 0 saturated carbocycles. The lowest BCUT2D eigenvalue weighted by Gasteiger charge is -2.35. The summed E-state index contributed by atoms with van der Waals surface area (Å²) in [6, 6.07) is 22.8. The SMILES string of the molecule is Cc1ccc(C)c(C2=NN(C(=O)CN3CCN(Cc4ccccc4)CC3)[C@@H](c3ccc4c(c3)OCO4)C2)c1. The van der Waals surface area contributed by atoms with Crippen molar-refractivity contribution in [1.82, 2.24) is 14.8 Å². The molecule has 3 aromatic rings. The lowest BCUT2D eigenvalue weighted by Crippen LogP contribution is -2.49. The average molecular weight is 511 g/mol. The fourth-order valence-corrected chi connectivity index (χ4v) is 5.54. The van der Waals surface area contributed by atoms with Crippen molar-refractivity contribution in [3.8, 4) is 11.5 Å². The molecule has 0 radical (unpaired) electrons. The standard InChI is InChI=1S/C31H34N4O3/c1-22-8-9-23(2)26(16-22)27-18-28(25-10-11-29-30(17-25)38-21-37-29)35(32-27)31(36)20-34-14-12-33(13-15-34)19-24-6-4-3-5-7-24/h3-11,16-17,28H,12-15,18-21H2,1-2H3/t28-/m1/s1. The zero-order valence-electron chi connectivity index (χ0n) is 22.1. The first-order valence-electron chi connectivity index (χ1n) is 13.4. The van der Waals surface area contributed by atoms with Crippen LogP contribution in [0.1, 0.15) is 40.3 Å². The summed E-state index contributed by atoms with van der Waals surface area (Å²) in [7, 11) is 0. The summed E-state index contributed by atoms with van der Waals surface area (Å²) < 4.78 is 11.2. The first-order valence-corrected chi connectivity index (χ1v) is 13.4. The van der Waals surface area contributed by atoms with Crippen molar-refractivity contribution in [1.29, 1.82) is 0 Å². The van der Waals surface area contributed by atoms with Crippen LogP contribution in [0.3, 0.4) is 0 Å². The molecule has 3 heterocycles. The third kappa shape index (κ3) is 5.17. The molecule has 0 N–H and O–H groups in total. The Morgan fingerprint density at radius 2 is 1.66 bits per heavy atom. The molecular formula is C31H34N4O3. The van der Waals surface area contributed by atoms with Gasteiger partial charge in [-0.1, -0.05) is 54.1 Å². The van der Waals surface area contributed by atoms with Gasteiger partial charge in [0.15, 0.2) is 11.5 Å². The molecule has 0 bridgehead atoms. The summed E-state index contributed by atoms with van der Waals surface area (Å²) in [5.41, 5.74) is 6.76. The Kier molecular flexibility index (Phi) is 6.87. The first kappa shape index (κ1) is 24.6. The van der Waals surface area contributed by atoms with Gasteiger partial charge in [-0.2, -0.15) is 5.10 Å². The van der Waals surface area contributed by atoms with E-state index in [0.29, 0.717) is 13.0 Å². The maximum atomic E-state index is 13.7. The van der Waals surface area contributed by atoms with Gasteiger partial charge in [-0.3, -0.25) is 14.6 Å². The summed E-state index contributed by atoms with van der Waals surface area (Å²) in [4.78, 5) is 18.5. The second-order valence-corrected chi connectivity index (χ2v) is 10.5. The molecular weight excluding hydrogens is 476 g/mol. The molecule has 7 nitrogen and oxygen atoms in total. The van der Waals surface area contributed by atoms with E-state index in [1.165, 1.54) is 16.7 Å². The summed E-state index contributed by atoms with van der Waals surface area (Å²) in [6.45, 7) is 9.38. The number of hydrogen-bond donors (Lipinski definition) is 0. The maximum Gasteiger partial charge on any atom is 0.257 e. The predicted octanol–water partition coefficient (Wildman–Crippen LogP) is 4.53. The number of fused-ring (bicyclic) bond motifs is 1. The van der Waals surface area contributed by atoms with Crippen molar-refractivity contribution < 1.29 is 14.3 Å². The maximum absolute atomic E-state index is 13.7. The van der Waals surface area contributed by atoms with E-state index in [-0.39, 0.29) is 18.7 Å². The number of carbonyl (C=O) groups excluding carboxylic acids is 1. The van der Waals surface area contributed by atoms with Crippen LogP contribution in [0.2, 0.25) is 0 Å². The van der Waals surface area contributed by atoms with Crippen LogP contribution in [-0.2, 0) is 11.3 Å². The molecule has 196 valence electrons. The van der Waals surface area contributed by atoms with Crippen LogP contribution in [0.25, 0.3) is 0 Å². The van der Waals surface area contributed by atoms with Gasteiger partial charge in [-0.25, -0.2) is 5.01 Å². The Labute approximate surface area is 224 Å². The smallest absolute Gasteiger partial charge is 0.257 e. The molecule has 38 heavy (non-hydrogen) atoms. The second-order valence-electron chi connectivity index (χ2n) is 10.5. The average Bonchev–Trinajstić information content (AvgIpc) is 3.59. The van der Waals surface area contributed by atoms with Gasteiger partial charge < -0.3 is 9.47 Å². The molecule has 1 fully saturated rings. The van der Waals surface area contributed by atoms with Crippen molar-refractivity contribution in [2.24, 2.45) is 5.10 Å². The fraction of sp³-hybridized carbons (Fsp3) is 0.355. The Hall–Kier alpha value is -3.68. The molecule has 0 aromatic heterocycles. The van der Waals surface area contributed by atoms with E-state index in [1.807, 2.05) is 18.2 Å². The molecule has 3 aliphatic rings. The van der Waals surface area contributed by atoms with Gasteiger partial charge in [-0.05, 0) is 48.7 Å². The third-order valence-corrected chi connectivity index (χ3v) is 7.72. The number of hydrogen-bond acceptors (Lipinski definition) is 6. The lowest BCUT2D eigenvalue weighted by atomic mass is 9.95. The van der Waals surface area contributed by atoms with Crippen LogP contribution in [0, 0.1) is 13.8 Å². The Bertz CT molecular complexity index is 1350. The number of piperazine rings is 1. The van der Waals surface area contributed by atoms with E-state index in [1.54, 1.807) is 5.01 Å². The third-order valence-electron chi connectivity index (χ3n) is 7.72. The van der Waals surface area contributed by atoms with E-state index in [4.69, 9.17) is 14.6 Å². The number of ether oxygens (including phenoxy) is 2. The van der Waals surface area contributed by atoms with E-state index >= 15 is 0 Å². The number of rotatable bonds is 6. The first-order chi connectivity index (χ1) is 18.5. The number of hydrazone groups is 1. The minimum absolute atomic E-state index is 0.0319. The summed E-state index contributed by atoms with van der Waals surface area (Å²) in [5.74, 6) is 1.50. The molecule has 0 aliphatic carbocycles. The van der Waals surface area contributed by atoms with Gasteiger partial charge in [0.05, 0.1) is 18.3 Å². The lowest BCUT2D eigenvalue weighted by molar-refractivity contribution is -0.134. The molecule has 3 aliphatic heterocycles. The van der Waals surface area contributed by atoms with Gasteiger partial charge in [0.1, 0.15) is 0 Å². The molecule has 1 amide bonds. The fourth-order valence-electron chi connectivity index (χ4n) is 5.54. The highest BCUT2D eigenvalue weighted by atomic mass is 16.7. The Morgan fingerprint density at radius 1 is 0.895 bits per heavy atom. The molecule has 1 saturated heterocycles. The number of carbonyl (C=O) groups is 1. The van der Waals surface area contributed by atoms with Crippen LogP contribution >= 0.6 is 0 Å². The quantitative estimate of drug-likeness (QED) is 0.488. The number of nitrogens with zero attached hydrogens (tertiary/aromatic N) is 4. The van der Waals surface area contributed by atoms with Gasteiger partial charge in [-0.15, -0.1) is 0 Å². The molecule has 0 unspecified atom stereocenters. The van der Waals surface area contributed by atoms with Crippen molar-refractivity contribution in [3.05, 3.63) is 94.5 Å². The predicted molar refractivity (Wildman–Crippen MR) is 147 cm³/mol. The van der Waals surface area contributed by atoms with Crippen LogP contribution < -0.4 is 9.47 Å². The topological polar surface area (TPSA) is 57.6 Å². The van der Waals surface area contributed by atoms with Crippen LogP contribution in [-0.4, -0.2) is 65.9 Å². The number of amides is 1. The van der Waals surface area contributed by atoms with Gasteiger partial charge in [0, 0.05) is 44.7 Å². The highest BCUT2D eigenvalue weighted by Crippen LogP contribution is 2.39. The second kappa shape index (κ2) is 10.6. The molecule has 3 aromatic carbocycles. The zero-order valence-corrected chi connectivity index (χ0v) is 22.1. The Morgan fingerprint density at radius 3 is 2.47 bits per heavy atom. The van der Waals surface area contributed by atoms with Crippen LogP contribution in [0.5, 0.6) is 11.5 Å². The van der Waals surface area contributed by atoms with Crippen LogP contribution in [0.15, 0.2) is 71.8 Å². The van der Waals surface area contributed by atoms with Crippen molar-refractivity contribution in [2.75, 3.05) is 39.5 Å². The molecule has 6 rings (SSSR count). The van der Waals surface area contributed by atoms with Crippen molar-refractivity contribution >= 4 is 11.6 Å².